The molecule has 1 amide bonds. The molecule has 1 aromatic heterocycles. The van der Waals surface area contributed by atoms with Gasteiger partial charge in [-0.1, -0.05) is 17.7 Å². The second-order valence-corrected chi connectivity index (χ2v) is 7.71. The fraction of sp³-hybridized carbons (Fsp3) is 0.273. The zero-order chi connectivity index (χ0) is 22.4. The van der Waals surface area contributed by atoms with Crippen molar-refractivity contribution in [1.82, 2.24) is 14.7 Å². The van der Waals surface area contributed by atoms with Crippen molar-refractivity contribution in [3.8, 4) is 17.0 Å². The monoisotopic (exact) mass is 449 g/mol. The van der Waals surface area contributed by atoms with Crippen LogP contribution in [0.4, 0.5) is 13.2 Å². The summed E-state index contributed by atoms with van der Waals surface area (Å²) in [4.78, 5) is 14.9. The lowest BCUT2D eigenvalue weighted by molar-refractivity contribution is 0.0673. The zero-order valence-electron chi connectivity index (χ0n) is 17.0. The average Bonchev–Trinajstić information content (AvgIpc) is 3.08. The summed E-state index contributed by atoms with van der Waals surface area (Å²) in [5.74, 6) is -3.91. The van der Waals surface area contributed by atoms with Crippen molar-refractivity contribution >= 4 is 17.5 Å². The van der Waals surface area contributed by atoms with Gasteiger partial charge in [0.25, 0.3) is 5.91 Å². The number of halogens is 4. The average molecular weight is 450 g/mol. The Balaban J connectivity index is 1.72. The van der Waals surface area contributed by atoms with E-state index in [2.05, 4.69) is 5.10 Å². The van der Waals surface area contributed by atoms with Gasteiger partial charge in [-0.05, 0) is 37.6 Å². The molecule has 0 spiro atoms. The van der Waals surface area contributed by atoms with Gasteiger partial charge in [0.15, 0.2) is 17.5 Å². The molecule has 0 saturated heterocycles. The second kappa shape index (κ2) is 7.92. The molecule has 0 bridgehead atoms. The number of carbonyl (C=O) groups is 1. The van der Waals surface area contributed by atoms with E-state index < -0.39 is 23.5 Å². The molecule has 2 heterocycles. The third kappa shape index (κ3) is 3.44. The highest BCUT2D eigenvalue weighted by Crippen LogP contribution is 2.38. The van der Waals surface area contributed by atoms with Gasteiger partial charge >= 0.3 is 0 Å². The Morgan fingerprint density at radius 2 is 1.90 bits per heavy atom. The lowest BCUT2D eigenvalue weighted by Gasteiger charge is -2.33. The number of methoxy groups -OCH3 is 1. The molecular formula is C22H19ClF3N3O2. The predicted molar refractivity (Wildman–Crippen MR) is 110 cm³/mol. The van der Waals surface area contributed by atoms with E-state index in [-0.39, 0.29) is 16.5 Å². The Bertz CT molecular complexity index is 1170. The SMILES string of the molecule is COc1cccc(C(=O)N2CCc3c(nn(C)c3-c3cc(F)c(F)c(F)c3)C2C)c1Cl. The molecule has 0 fully saturated rings. The minimum absolute atomic E-state index is 0.190. The van der Waals surface area contributed by atoms with Gasteiger partial charge in [0, 0.05) is 24.7 Å². The highest BCUT2D eigenvalue weighted by molar-refractivity contribution is 6.35. The third-order valence-electron chi connectivity index (χ3n) is 5.57. The summed E-state index contributed by atoms with van der Waals surface area (Å²) in [6, 6.07) is 6.48. The van der Waals surface area contributed by atoms with Crippen LogP contribution in [0.5, 0.6) is 5.75 Å². The standard InChI is InChI=1S/C22H19ClF3N3O2/c1-11-20-14(21(28(2)27-20)12-9-15(24)19(26)16(25)10-12)7-8-29(11)22(30)13-5-4-6-17(31-3)18(13)23/h4-6,9-11H,7-8H2,1-3H3. The number of aromatic nitrogens is 2. The van der Waals surface area contributed by atoms with Crippen LogP contribution in [0.3, 0.4) is 0 Å². The maximum Gasteiger partial charge on any atom is 0.256 e. The predicted octanol–water partition coefficient (Wildman–Crippen LogP) is 4.93. The van der Waals surface area contributed by atoms with E-state index in [0.29, 0.717) is 35.7 Å². The summed E-state index contributed by atoms with van der Waals surface area (Å²) in [5, 5.41) is 4.73. The Kier molecular flexibility index (Phi) is 5.43. The van der Waals surface area contributed by atoms with E-state index in [1.54, 1.807) is 30.1 Å². The zero-order valence-corrected chi connectivity index (χ0v) is 17.8. The van der Waals surface area contributed by atoms with Gasteiger partial charge in [0.05, 0.1) is 35.1 Å². The molecule has 2 aromatic carbocycles. The number of fused-ring (bicyclic) bond motifs is 1. The van der Waals surface area contributed by atoms with Crippen molar-refractivity contribution in [2.75, 3.05) is 13.7 Å². The first kappa shape index (κ1) is 21.2. The summed E-state index contributed by atoms with van der Waals surface area (Å²) < 4.78 is 47.7. The van der Waals surface area contributed by atoms with Crippen molar-refractivity contribution in [2.24, 2.45) is 7.05 Å². The lowest BCUT2D eigenvalue weighted by atomic mass is 9.95. The van der Waals surface area contributed by atoms with E-state index in [4.69, 9.17) is 16.3 Å². The molecule has 1 aliphatic heterocycles. The molecule has 1 aliphatic rings. The number of carbonyl (C=O) groups excluding carboxylic acids is 1. The number of nitrogens with zero attached hydrogens (tertiary/aromatic N) is 3. The fourth-order valence-corrected chi connectivity index (χ4v) is 4.35. The van der Waals surface area contributed by atoms with Crippen LogP contribution < -0.4 is 4.74 Å². The molecule has 0 aliphatic carbocycles. The number of rotatable bonds is 3. The maximum absolute atomic E-state index is 13.8. The van der Waals surface area contributed by atoms with Crippen LogP contribution in [0.25, 0.3) is 11.3 Å². The molecule has 1 atom stereocenters. The minimum Gasteiger partial charge on any atom is -0.495 e. The van der Waals surface area contributed by atoms with Gasteiger partial charge in [-0.3, -0.25) is 9.48 Å². The molecule has 162 valence electrons. The first-order valence-electron chi connectivity index (χ1n) is 9.58. The number of hydrogen-bond acceptors (Lipinski definition) is 3. The largest absolute Gasteiger partial charge is 0.495 e. The van der Waals surface area contributed by atoms with Crippen LogP contribution in [0.1, 0.15) is 34.6 Å². The van der Waals surface area contributed by atoms with Gasteiger partial charge in [0.1, 0.15) is 5.75 Å². The topological polar surface area (TPSA) is 47.4 Å². The summed E-state index contributed by atoms with van der Waals surface area (Å²) in [6.07, 6.45) is 0.413. The number of aryl methyl sites for hydroxylation is 1. The van der Waals surface area contributed by atoms with Crippen molar-refractivity contribution in [2.45, 2.75) is 19.4 Å². The van der Waals surface area contributed by atoms with Crippen LogP contribution in [0.2, 0.25) is 5.02 Å². The van der Waals surface area contributed by atoms with E-state index in [9.17, 15) is 18.0 Å². The van der Waals surface area contributed by atoms with Gasteiger partial charge in [-0.2, -0.15) is 5.10 Å². The first-order chi connectivity index (χ1) is 14.7. The van der Waals surface area contributed by atoms with E-state index >= 15 is 0 Å². The van der Waals surface area contributed by atoms with Crippen molar-refractivity contribution in [3.63, 3.8) is 0 Å². The normalized spacial score (nSPS) is 15.7. The fourth-order valence-electron chi connectivity index (χ4n) is 4.06. The summed E-state index contributed by atoms with van der Waals surface area (Å²) in [5.41, 5.74) is 2.37. The van der Waals surface area contributed by atoms with E-state index in [0.717, 1.165) is 17.7 Å². The summed E-state index contributed by atoms with van der Waals surface area (Å²) in [7, 11) is 3.12. The minimum atomic E-state index is -1.51. The van der Waals surface area contributed by atoms with Crippen LogP contribution >= 0.6 is 11.6 Å². The second-order valence-electron chi connectivity index (χ2n) is 7.34. The van der Waals surface area contributed by atoms with Crippen LogP contribution in [-0.2, 0) is 13.5 Å². The Hall–Kier alpha value is -3.00. The quantitative estimate of drug-likeness (QED) is 0.533. The summed E-state index contributed by atoms with van der Waals surface area (Å²) in [6.45, 7) is 2.18. The molecule has 0 N–H and O–H groups in total. The smallest absolute Gasteiger partial charge is 0.256 e. The van der Waals surface area contributed by atoms with Gasteiger partial charge in [-0.25, -0.2) is 13.2 Å². The molecule has 9 heteroatoms. The van der Waals surface area contributed by atoms with Gasteiger partial charge < -0.3 is 9.64 Å². The van der Waals surface area contributed by atoms with E-state index in [1.165, 1.54) is 11.8 Å². The number of benzene rings is 2. The maximum atomic E-state index is 13.8. The van der Waals surface area contributed by atoms with Crippen molar-refractivity contribution in [3.05, 3.63) is 69.6 Å². The van der Waals surface area contributed by atoms with Crippen molar-refractivity contribution < 1.29 is 22.7 Å². The molecule has 31 heavy (non-hydrogen) atoms. The Morgan fingerprint density at radius 1 is 1.23 bits per heavy atom. The highest BCUT2D eigenvalue weighted by atomic mass is 35.5. The Morgan fingerprint density at radius 3 is 2.55 bits per heavy atom. The molecule has 3 aromatic rings. The molecule has 0 saturated carbocycles. The lowest BCUT2D eigenvalue weighted by Crippen LogP contribution is -2.39. The first-order valence-corrected chi connectivity index (χ1v) is 9.96. The van der Waals surface area contributed by atoms with Crippen molar-refractivity contribution in [1.29, 1.82) is 0 Å². The Labute approximate surface area is 182 Å². The highest BCUT2D eigenvalue weighted by Gasteiger charge is 2.34. The molecule has 1 unspecified atom stereocenters. The molecular weight excluding hydrogens is 431 g/mol. The number of amides is 1. The molecule has 5 nitrogen and oxygen atoms in total. The summed E-state index contributed by atoms with van der Waals surface area (Å²) >= 11 is 6.33. The number of ether oxygens (including phenoxy) is 1. The van der Waals surface area contributed by atoms with Gasteiger partial charge in [0.2, 0.25) is 0 Å². The third-order valence-corrected chi connectivity index (χ3v) is 5.96. The molecule has 4 rings (SSSR count). The van der Waals surface area contributed by atoms with Gasteiger partial charge in [-0.15, -0.1) is 0 Å². The van der Waals surface area contributed by atoms with Crippen LogP contribution in [0, 0.1) is 17.5 Å². The van der Waals surface area contributed by atoms with Crippen LogP contribution in [0.15, 0.2) is 30.3 Å². The van der Waals surface area contributed by atoms with Crippen LogP contribution in [-0.4, -0.2) is 34.2 Å². The van der Waals surface area contributed by atoms with E-state index in [1.807, 2.05) is 6.92 Å². The molecule has 0 radical (unpaired) electrons. The number of hydrogen-bond donors (Lipinski definition) is 0.